The molecule has 1 heterocycles. The molecule has 0 aliphatic carbocycles. The molecule has 17 heavy (non-hydrogen) atoms. The van der Waals surface area contributed by atoms with Crippen LogP contribution in [0.2, 0.25) is 0 Å². The van der Waals surface area contributed by atoms with E-state index in [9.17, 15) is 13.2 Å². The van der Waals surface area contributed by atoms with E-state index in [-0.39, 0.29) is 0 Å². The van der Waals surface area contributed by atoms with Gasteiger partial charge >= 0.3 is 6.18 Å². The van der Waals surface area contributed by atoms with E-state index in [4.69, 9.17) is 5.73 Å². The first-order valence-corrected chi connectivity index (χ1v) is 5.26. The van der Waals surface area contributed by atoms with Gasteiger partial charge in [-0.05, 0) is 19.9 Å². The third kappa shape index (κ3) is 3.36. The highest BCUT2D eigenvalue weighted by molar-refractivity contribution is 5.49. The Labute approximate surface area is 98.2 Å². The summed E-state index contributed by atoms with van der Waals surface area (Å²) < 4.78 is 38.5. The molecule has 0 saturated heterocycles. The number of alkyl halides is 3. The van der Waals surface area contributed by atoms with E-state index in [2.05, 4.69) is 5.10 Å². The van der Waals surface area contributed by atoms with E-state index < -0.39 is 12.7 Å². The van der Waals surface area contributed by atoms with Crippen LogP contribution in [0.25, 0.3) is 0 Å². The van der Waals surface area contributed by atoms with Crippen LogP contribution in [0.1, 0.15) is 11.3 Å². The number of hydrogen-bond acceptors (Lipinski definition) is 3. The first-order chi connectivity index (χ1) is 7.76. The molecular weight excluding hydrogens is 233 g/mol. The van der Waals surface area contributed by atoms with Crippen LogP contribution in [0.5, 0.6) is 0 Å². The second kappa shape index (κ2) is 4.95. The summed E-state index contributed by atoms with van der Waals surface area (Å²) in [7, 11) is 3.04. The van der Waals surface area contributed by atoms with Crippen molar-refractivity contribution < 1.29 is 13.2 Å². The Hall–Kier alpha value is -1.24. The minimum absolute atomic E-state index is 0.388. The number of aromatic nitrogens is 2. The second-order valence-corrected chi connectivity index (χ2v) is 4.02. The quantitative estimate of drug-likeness (QED) is 0.874. The van der Waals surface area contributed by atoms with Gasteiger partial charge in [0.25, 0.3) is 0 Å². The van der Waals surface area contributed by atoms with Crippen LogP contribution in [0.3, 0.4) is 0 Å². The summed E-state index contributed by atoms with van der Waals surface area (Å²) in [6.07, 6.45) is -3.70. The Kier molecular flexibility index (Phi) is 4.03. The number of rotatable bonds is 4. The lowest BCUT2D eigenvalue weighted by atomic mass is 10.1. The van der Waals surface area contributed by atoms with Gasteiger partial charge in [-0.25, -0.2) is 0 Å². The molecule has 0 aliphatic heterocycles. The standard InChI is InChI=1S/C10H17F3N4/c1-7-8(4-5-14)9(17(3)15-7)16(2)6-10(11,12)13/h4-6,14H2,1-3H3. The highest BCUT2D eigenvalue weighted by atomic mass is 19.4. The van der Waals surface area contributed by atoms with Crippen LogP contribution in [0.4, 0.5) is 19.0 Å². The van der Waals surface area contributed by atoms with Crippen LogP contribution in [-0.2, 0) is 13.5 Å². The van der Waals surface area contributed by atoms with E-state index in [0.29, 0.717) is 18.8 Å². The SMILES string of the molecule is Cc1nn(C)c(N(C)CC(F)(F)F)c1CCN. The van der Waals surface area contributed by atoms with Gasteiger partial charge in [-0.3, -0.25) is 4.68 Å². The summed E-state index contributed by atoms with van der Waals surface area (Å²) in [6, 6.07) is 0. The Morgan fingerprint density at radius 2 is 2.00 bits per heavy atom. The molecule has 0 atom stereocenters. The number of nitrogens with zero attached hydrogens (tertiary/aromatic N) is 3. The van der Waals surface area contributed by atoms with Crippen LogP contribution in [-0.4, -0.2) is 36.1 Å². The van der Waals surface area contributed by atoms with Crippen LogP contribution < -0.4 is 10.6 Å². The maximum atomic E-state index is 12.4. The molecule has 0 aliphatic rings. The van der Waals surface area contributed by atoms with Crippen molar-refractivity contribution in [2.45, 2.75) is 19.5 Å². The van der Waals surface area contributed by atoms with Crippen molar-refractivity contribution in [3.63, 3.8) is 0 Å². The Morgan fingerprint density at radius 3 is 2.47 bits per heavy atom. The molecule has 1 aromatic rings. The fourth-order valence-electron chi connectivity index (χ4n) is 1.95. The van der Waals surface area contributed by atoms with Gasteiger partial charge in [0.15, 0.2) is 0 Å². The number of nitrogens with two attached hydrogens (primary N) is 1. The number of halogens is 3. The maximum Gasteiger partial charge on any atom is 0.405 e. The van der Waals surface area contributed by atoms with E-state index in [1.54, 1.807) is 14.0 Å². The van der Waals surface area contributed by atoms with Crippen molar-refractivity contribution in [1.82, 2.24) is 9.78 Å². The zero-order chi connectivity index (χ0) is 13.2. The molecule has 0 fully saturated rings. The summed E-state index contributed by atoms with van der Waals surface area (Å²) in [5.41, 5.74) is 6.96. The van der Waals surface area contributed by atoms with Crippen molar-refractivity contribution in [1.29, 1.82) is 0 Å². The molecule has 0 unspecified atom stereocenters. The highest BCUT2D eigenvalue weighted by Gasteiger charge is 2.31. The summed E-state index contributed by atoms with van der Waals surface area (Å²) in [5, 5.41) is 4.13. The van der Waals surface area contributed by atoms with Gasteiger partial charge in [-0.1, -0.05) is 0 Å². The van der Waals surface area contributed by atoms with Gasteiger partial charge in [-0.2, -0.15) is 18.3 Å². The summed E-state index contributed by atoms with van der Waals surface area (Å²) in [4.78, 5) is 1.16. The molecule has 0 saturated carbocycles. The first kappa shape index (κ1) is 13.8. The first-order valence-electron chi connectivity index (χ1n) is 5.26. The van der Waals surface area contributed by atoms with Gasteiger partial charge in [0.2, 0.25) is 0 Å². The highest BCUT2D eigenvalue weighted by Crippen LogP contribution is 2.25. The largest absolute Gasteiger partial charge is 0.405 e. The zero-order valence-corrected chi connectivity index (χ0v) is 10.2. The lowest BCUT2D eigenvalue weighted by Crippen LogP contribution is -2.32. The van der Waals surface area contributed by atoms with E-state index in [1.165, 1.54) is 11.7 Å². The van der Waals surface area contributed by atoms with Gasteiger partial charge in [0, 0.05) is 19.7 Å². The zero-order valence-electron chi connectivity index (χ0n) is 10.2. The Balaban J connectivity index is 3.03. The van der Waals surface area contributed by atoms with Crippen molar-refractivity contribution in [3.8, 4) is 0 Å². The number of anilines is 1. The van der Waals surface area contributed by atoms with Crippen molar-refractivity contribution in [3.05, 3.63) is 11.3 Å². The molecule has 0 radical (unpaired) electrons. The molecule has 1 aromatic heterocycles. The minimum atomic E-state index is -4.23. The second-order valence-electron chi connectivity index (χ2n) is 4.02. The third-order valence-electron chi connectivity index (χ3n) is 2.49. The molecule has 0 amide bonds. The summed E-state index contributed by atoms with van der Waals surface area (Å²) in [6.45, 7) is 1.17. The smallest absolute Gasteiger partial charge is 0.351 e. The molecule has 0 bridgehead atoms. The van der Waals surface area contributed by atoms with Crippen LogP contribution >= 0.6 is 0 Å². The van der Waals surface area contributed by atoms with Crippen LogP contribution in [0, 0.1) is 6.92 Å². The lowest BCUT2D eigenvalue weighted by molar-refractivity contribution is -0.119. The fraction of sp³-hybridized carbons (Fsp3) is 0.700. The maximum absolute atomic E-state index is 12.4. The average molecular weight is 250 g/mol. The van der Waals surface area contributed by atoms with Gasteiger partial charge in [-0.15, -0.1) is 0 Å². The molecule has 0 spiro atoms. The number of aryl methyl sites for hydroxylation is 2. The van der Waals surface area contributed by atoms with E-state index >= 15 is 0 Å². The lowest BCUT2D eigenvalue weighted by Gasteiger charge is -2.22. The molecule has 2 N–H and O–H groups in total. The normalized spacial score (nSPS) is 11.9. The van der Waals surface area contributed by atoms with Crippen molar-refractivity contribution in [2.24, 2.45) is 12.8 Å². The van der Waals surface area contributed by atoms with Gasteiger partial charge < -0.3 is 10.6 Å². The topological polar surface area (TPSA) is 47.1 Å². The molecule has 1 rings (SSSR count). The van der Waals surface area contributed by atoms with E-state index in [0.717, 1.165) is 16.2 Å². The Morgan fingerprint density at radius 1 is 1.41 bits per heavy atom. The summed E-state index contributed by atoms with van der Waals surface area (Å²) >= 11 is 0. The van der Waals surface area contributed by atoms with Crippen LogP contribution in [0.15, 0.2) is 0 Å². The van der Waals surface area contributed by atoms with Gasteiger partial charge in [0.05, 0.1) is 5.69 Å². The predicted molar refractivity (Wildman–Crippen MR) is 60.0 cm³/mol. The average Bonchev–Trinajstić information content (AvgIpc) is 2.39. The molecule has 98 valence electrons. The number of hydrogen-bond donors (Lipinski definition) is 1. The molecule has 4 nitrogen and oxygen atoms in total. The van der Waals surface area contributed by atoms with E-state index in [1.807, 2.05) is 0 Å². The monoisotopic (exact) mass is 250 g/mol. The van der Waals surface area contributed by atoms with Gasteiger partial charge in [0.1, 0.15) is 12.4 Å². The van der Waals surface area contributed by atoms with Crippen molar-refractivity contribution in [2.75, 3.05) is 25.0 Å². The third-order valence-corrected chi connectivity index (χ3v) is 2.49. The Bertz CT molecular complexity index is 384. The molecular formula is C10H17F3N4. The summed E-state index contributed by atoms with van der Waals surface area (Å²) in [5.74, 6) is 0.477. The van der Waals surface area contributed by atoms with Crippen molar-refractivity contribution >= 4 is 5.82 Å². The molecule has 7 heteroatoms. The fourth-order valence-corrected chi connectivity index (χ4v) is 1.95. The minimum Gasteiger partial charge on any atom is -0.351 e. The predicted octanol–water partition coefficient (Wildman–Crippen LogP) is 1.23. The molecule has 0 aromatic carbocycles.